The molecule has 6 nitrogen and oxygen atoms in total. The van der Waals surface area contributed by atoms with Crippen LogP contribution in [0.2, 0.25) is 0 Å². The highest BCUT2D eigenvalue weighted by Crippen LogP contribution is 2.27. The molecule has 4 rings (SSSR count). The van der Waals surface area contributed by atoms with Crippen LogP contribution in [-0.4, -0.2) is 31.0 Å². The smallest absolute Gasteiger partial charge is 0.323 e. The number of para-hydroxylation sites is 1. The van der Waals surface area contributed by atoms with Gasteiger partial charge in [-0.3, -0.25) is 0 Å². The maximum Gasteiger partial charge on any atom is 0.323 e. The summed E-state index contributed by atoms with van der Waals surface area (Å²) < 4.78 is 30.4. The topological polar surface area (TPSA) is 75.7 Å². The molecule has 3 aromatic carbocycles. The maximum atomic E-state index is 12.9. The van der Waals surface area contributed by atoms with E-state index < -0.39 is 21.2 Å². The Morgan fingerprint density at radius 2 is 1.50 bits per heavy atom. The van der Waals surface area contributed by atoms with Crippen LogP contribution in [0.3, 0.4) is 0 Å². The monoisotopic (exact) mass is 422 g/mol. The molecule has 2 amide bonds. The summed E-state index contributed by atoms with van der Waals surface area (Å²) in [5.74, 6) is 1.36. The molecule has 0 saturated heterocycles. The highest BCUT2D eigenvalue weighted by atomic mass is 32.2. The van der Waals surface area contributed by atoms with Crippen molar-refractivity contribution in [2.75, 3.05) is 11.6 Å². The fourth-order valence-corrected chi connectivity index (χ4v) is 4.62. The van der Waals surface area contributed by atoms with E-state index in [1.165, 1.54) is 11.2 Å². The Morgan fingerprint density at radius 3 is 2.17 bits per heavy atom. The fraction of sp³-hybridized carbons (Fsp3) is 0.174. The quantitative estimate of drug-likeness (QED) is 0.674. The number of sulfone groups is 1. The van der Waals surface area contributed by atoms with E-state index in [2.05, 4.69) is 5.32 Å². The van der Waals surface area contributed by atoms with Crippen molar-refractivity contribution in [2.45, 2.75) is 18.3 Å². The number of carbonyl (C=O) groups is 1. The van der Waals surface area contributed by atoms with Crippen molar-refractivity contribution in [1.29, 1.82) is 0 Å². The summed E-state index contributed by atoms with van der Waals surface area (Å²) in [4.78, 5) is 14.3. The number of hydrogen-bond donors (Lipinski definition) is 1. The van der Waals surface area contributed by atoms with Gasteiger partial charge in [0.15, 0.2) is 9.84 Å². The van der Waals surface area contributed by atoms with Crippen LogP contribution < -0.4 is 10.1 Å². The molecule has 0 aromatic heterocycles. The first-order valence-corrected chi connectivity index (χ1v) is 11.5. The predicted molar refractivity (Wildman–Crippen MR) is 116 cm³/mol. The Kier molecular flexibility index (Phi) is 5.46. The first-order valence-electron chi connectivity index (χ1n) is 9.56. The third kappa shape index (κ3) is 4.46. The van der Waals surface area contributed by atoms with Crippen molar-refractivity contribution >= 4 is 21.6 Å². The van der Waals surface area contributed by atoms with Gasteiger partial charge in [0, 0.05) is 24.9 Å². The molecule has 1 aliphatic heterocycles. The van der Waals surface area contributed by atoms with Gasteiger partial charge in [-0.2, -0.15) is 0 Å². The van der Waals surface area contributed by atoms with Gasteiger partial charge in [-0.15, -0.1) is 0 Å². The van der Waals surface area contributed by atoms with Crippen LogP contribution in [-0.2, 0) is 22.8 Å². The van der Waals surface area contributed by atoms with Crippen LogP contribution in [0.25, 0.3) is 0 Å². The van der Waals surface area contributed by atoms with Gasteiger partial charge >= 0.3 is 6.03 Å². The Morgan fingerprint density at radius 1 is 0.900 bits per heavy atom. The zero-order chi connectivity index (χ0) is 21.1. The van der Waals surface area contributed by atoms with Crippen LogP contribution in [0.1, 0.15) is 11.1 Å². The van der Waals surface area contributed by atoms with Crippen molar-refractivity contribution in [1.82, 2.24) is 4.90 Å². The molecule has 1 unspecified atom stereocenters. The predicted octanol–water partition coefficient (Wildman–Crippen LogP) is 4.44. The normalized spacial score (nSPS) is 15.9. The van der Waals surface area contributed by atoms with Crippen molar-refractivity contribution < 1.29 is 17.9 Å². The fourth-order valence-electron chi connectivity index (χ4n) is 3.51. The largest absolute Gasteiger partial charge is 0.457 e. The highest BCUT2D eigenvalue weighted by molar-refractivity contribution is 7.91. The Balaban J connectivity index is 1.49. The van der Waals surface area contributed by atoms with E-state index in [9.17, 15) is 13.2 Å². The lowest BCUT2D eigenvalue weighted by Crippen LogP contribution is -2.49. The number of anilines is 1. The van der Waals surface area contributed by atoms with Gasteiger partial charge in [0.2, 0.25) is 0 Å². The lowest BCUT2D eigenvalue weighted by Gasteiger charge is -2.35. The number of amides is 2. The van der Waals surface area contributed by atoms with Crippen molar-refractivity contribution in [3.8, 4) is 11.5 Å². The molecule has 0 saturated carbocycles. The molecule has 0 bridgehead atoms. The molecular weight excluding hydrogens is 400 g/mol. The zero-order valence-corrected chi connectivity index (χ0v) is 17.3. The summed E-state index contributed by atoms with van der Waals surface area (Å²) in [7, 11) is -3.45. The van der Waals surface area contributed by atoms with Gasteiger partial charge in [0.05, 0.1) is 0 Å². The first kappa shape index (κ1) is 20.0. The summed E-state index contributed by atoms with van der Waals surface area (Å²) >= 11 is 0. The SMILES string of the molecule is CS(=O)(=O)C1Cc2ccccc2CN1C(=O)Nc1ccc(Oc2ccccc2)cc1. The minimum Gasteiger partial charge on any atom is -0.457 e. The van der Waals surface area contributed by atoms with Crippen LogP contribution in [0.5, 0.6) is 11.5 Å². The third-order valence-corrected chi connectivity index (χ3v) is 6.45. The minimum atomic E-state index is -3.45. The summed E-state index contributed by atoms with van der Waals surface area (Å²) in [5.41, 5.74) is 2.48. The molecule has 3 aromatic rings. The van der Waals surface area contributed by atoms with Crippen molar-refractivity contribution in [3.05, 3.63) is 90.0 Å². The molecule has 7 heteroatoms. The van der Waals surface area contributed by atoms with E-state index in [1.54, 1.807) is 24.3 Å². The van der Waals surface area contributed by atoms with Crippen molar-refractivity contribution in [2.24, 2.45) is 0 Å². The van der Waals surface area contributed by atoms with E-state index in [-0.39, 0.29) is 13.0 Å². The molecular formula is C23H22N2O4S. The summed E-state index contributed by atoms with van der Waals surface area (Å²) in [6.07, 6.45) is 1.45. The molecule has 1 heterocycles. The third-order valence-electron chi connectivity index (χ3n) is 5.04. The number of ether oxygens (including phenoxy) is 1. The number of rotatable bonds is 4. The number of benzene rings is 3. The second kappa shape index (κ2) is 8.20. The van der Waals surface area contributed by atoms with Crippen LogP contribution >= 0.6 is 0 Å². The van der Waals surface area contributed by atoms with Gasteiger partial charge in [-0.1, -0.05) is 42.5 Å². The number of nitrogens with zero attached hydrogens (tertiary/aromatic N) is 1. The highest BCUT2D eigenvalue weighted by Gasteiger charge is 2.36. The Labute approximate surface area is 176 Å². The van der Waals surface area contributed by atoms with Gasteiger partial charge < -0.3 is 15.0 Å². The molecule has 0 aliphatic carbocycles. The summed E-state index contributed by atoms with van der Waals surface area (Å²) in [6.45, 7) is 0.245. The van der Waals surface area contributed by atoms with Gasteiger partial charge in [-0.25, -0.2) is 13.2 Å². The van der Waals surface area contributed by atoms with Crippen LogP contribution in [0.15, 0.2) is 78.9 Å². The van der Waals surface area contributed by atoms with Gasteiger partial charge in [0.25, 0.3) is 0 Å². The average Bonchev–Trinajstić information content (AvgIpc) is 2.74. The van der Waals surface area contributed by atoms with E-state index in [1.807, 2.05) is 54.6 Å². The molecule has 0 fully saturated rings. The number of nitrogens with one attached hydrogen (secondary N) is 1. The molecule has 30 heavy (non-hydrogen) atoms. The Hall–Kier alpha value is -3.32. The van der Waals surface area contributed by atoms with Gasteiger partial charge in [0.1, 0.15) is 16.9 Å². The molecule has 1 aliphatic rings. The van der Waals surface area contributed by atoms with Crippen molar-refractivity contribution in [3.63, 3.8) is 0 Å². The van der Waals surface area contributed by atoms with Gasteiger partial charge in [-0.05, 0) is 47.5 Å². The van der Waals surface area contributed by atoms with E-state index in [0.717, 1.165) is 16.9 Å². The number of carbonyl (C=O) groups excluding carboxylic acids is 1. The van der Waals surface area contributed by atoms with Crippen LogP contribution in [0, 0.1) is 0 Å². The lowest BCUT2D eigenvalue weighted by molar-refractivity contribution is 0.197. The average molecular weight is 423 g/mol. The van der Waals surface area contributed by atoms with E-state index >= 15 is 0 Å². The second-order valence-corrected chi connectivity index (χ2v) is 9.46. The first-order chi connectivity index (χ1) is 14.4. The minimum absolute atomic E-state index is 0.245. The Bertz CT molecular complexity index is 1150. The summed E-state index contributed by atoms with van der Waals surface area (Å²) in [5, 5.41) is 1.91. The van der Waals surface area contributed by atoms with E-state index in [4.69, 9.17) is 4.74 Å². The van der Waals surface area contributed by atoms with Crippen LogP contribution in [0.4, 0.5) is 10.5 Å². The number of urea groups is 1. The molecule has 154 valence electrons. The zero-order valence-electron chi connectivity index (χ0n) is 16.5. The van der Waals surface area contributed by atoms with E-state index in [0.29, 0.717) is 11.4 Å². The molecule has 0 spiro atoms. The number of hydrogen-bond acceptors (Lipinski definition) is 4. The summed E-state index contributed by atoms with van der Waals surface area (Å²) in [6, 6.07) is 23.5. The molecule has 1 atom stereocenters. The maximum absolute atomic E-state index is 12.9. The number of fused-ring (bicyclic) bond motifs is 1. The lowest BCUT2D eigenvalue weighted by atomic mass is 10.00. The molecule has 0 radical (unpaired) electrons. The standard InChI is InChI=1S/C23H22N2O4S/c1-30(27,28)22-15-17-7-5-6-8-18(17)16-25(22)23(26)24-19-11-13-21(14-12-19)29-20-9-3-2-4-10-20/h2-14,22H,15-16H2,1H3,(H,24,26). The second-order valence-electron chi connectivity index (χ2n) is 7.25. The molecule has 1 N–H and O–H groups in total.